The number of hydrogen-bond acceptors (Lipinski definition) is 7. The van der Waals surface area contributed by atoms with E-state index in [1.807, 2.05) is 54.9 Å². The number of carbonyl (C=O) groups excluding carboxylic acids is 1. The molecule has 0 bridgehead atoms. The van der Waals surface area contributed by atoms with Crippen molar-refractivity contribution in [1.82, 2.24) is 30.1 Å². The first-order valence-corrected chi connectivity index (χ1v) is 12.3. The maximum atomic E-state index is 12.9. The predicted octanol–water partition coefficient (Wildman–Crippen LogP) is 4.84. The van der Waals surface area contributed by atoms with Gasteiger partial charge in [-0.2, -0.15) is 20.3 Å². The van der Waals surface area contributed by atoms with Crippen LogP contribution in [0.2, 0.25) is 0 Å². The highest BCUT2D eigenvalue weighted by Gasteiger charge is 2.51. The van der Waals surface area contributed by atoms with E-state index >= 15 is 0 Å². The second kappa shape index (κ2) is 8.30. The number of fused-ring (bicyclic) bond motifs is 3. The van der Waals surface area contributed by atoms with E-state index in [0.717, 1.165) is 46.6 Å². The largest absolute Gasteiger partial charge is 0.332 e. The lowest BCUT2D eigenvalue weighted by molar-refractivity contribution is -0.121. The summed E-state index contributed by atoms with van der Waals surface area (Å²) in [7, 11) is 0. The van der Waals surface area contributed by atoms with E-state index in [4.69, 9.17) is 16.2 Å². The molecule has 37 heavy (non-hydrogen) atoms. The number of aromatic nitrogens is 6. The predicted molar refractivity (Wildman–Crippen MR) is 135 cm³/mol. The molecular formula is C28H25N7O2. The van der Waals surface area contributed by atoms with Crippen LogP contribution in [0.15, 0.2) is 52.8 Å². The first kappa shape index (κ1) is 23.0. The molecule has 3 heterocycles. The van der Waals surface area contributed by atoms with Crippen molar-refractivity contribution >= 4 is 5.78 Å². The van der Waals surface area contributed by atoms with Crippen molar-refractivity contribution in [1.29, 1.82) is 0 Å². The molecule has 0 aliphatic heterocycles. The van der Waals surface area contributed by atoms with Gasteiger partial charge in [-0.15, -0.1) is 0 Å². The van der Waals surface area contributed by atoms with Crippen molar-refractivity contribution < 1.29 is 9.32 Å². The number of allylic oxidation sites excluding steroid dienone is 2. The molecule has 0 saturated heterocycles. The highest BCUT2D eigenvalue weighted by Crippen LogP contribution is 2.52. The van der Waals surface area contributed by atoms with Crippen LogP contribution in [-0.4, -0.2) is 35.9 Å². The van der Waals surface area contributed by atoms with Gasteiger partial charge in [0.2, 0.25) is 5.70 Å². The minimum atomic E-state index is -0.564. The number of hydrogen-bond donors (Lipinski definition) is 0. The molecule has 2 aliphatic rings. The average molecular weight is 492 g/mol. The minimum Gasteiger partial charge on any atom is -0.332 e. The van der Waals surface area contributed by atoms with Crippen molar-refractivity contribution in [3.63, 3.8) is 0 Å². The highest BCUT2D eigenvalue weighted by atomic mass is 16.5. The van der Waals surface area contributed by atoms with E-state index in [1.54, 1.807) is 13.1 Å². The van der Waals surface area contributed by atoms with E-state index in [1.165, 1.54) is 0 Å². The van der Waals surface area contributed by atoms with Crippen LogP contribution in [0.4, 0.5) is 0 Å². The Morgan fingerprint density at radius 2 is 1.97 bits per heavy atom. The fourth-order valence-electron chi connectivity index (χ4n) is 6.00. The van der Waals surface area contributed by atoms with Gasteiger partial charge in [-0.25, -0.2) is 9.53 Å². The Hall–Kier alpha value is -4.45. The summed E-state index contributed by atoms with van der Waals surface area (Å²) in [5, 5.41) is 17.1. The smallest absolute Gasteiger partial charge is 0.278 e. The number of Topliss-reactive ketones (excluding diaryl/α,β-unsaturated/α-hetero) is 1. The third-order valence-electron chi connectivity index (χ3n) is 7.75. The SMILES string of the molecule is [C-]#[N+]C1=C[C@@]2(C)c3c(c(-c4nc(C)no4)nn3-c3ccc(-c4cnnc(C)c4)cc3)CC[C@@H]2[C@@H](C)C1=O. The first-order chi connectivity index (χ1) is 17.8. The molecule has 0 unspecified atom stereocenters. The Morgan fingerprint density at radius 1 is 1.19 bits per heavy atom. The molecule has 6 rings (SSSR count). The number of benzene rings is 1. The molecule has 9 heteroatoms. The third kappa shape index (κ3) is 3.51. The number of carbonyl (C=O) groups is 1. The summed E-state index contributed by atoms with van der Waals surface area (Å²) in [6.07, 6.45) is 5.13. The van der Waals surface area contributed by atoms with Crippen LogP contribution in [0.5, 0.6) is 0 Å². The number of nitrogens with zero attached hydrogens (tertiary/aromatic N) is 7. The number of aryl methyl sites for hydroxylation is 2. The minimum absolute atomic E-state index is 0.0517. The summed E-state index contributed by atoms with van der Waals surface area (Å²) in [5.74, 6) is 0.630. The summed E-state index contributed by atoms with van der Waals surface area (Å²) in [5.41, 5.74) is 5.98. The molecule has 1 aromatic carbocycles. The maximum absolute atomic E-state index is 12.9. The monoisotopic (exact) mass is 491 g/mol. The van der Waals surface area contributed by atoms with Crippen LogP contribution >= 0.6 is 0 Å². The summed E-state index contributed by atoms with van der Waals surface area (Å²) in [6, 6.07) is 10.1. The Labute approximate surface area is 214 Å². The van der Waals surface area contributed by atoms with Crippen molar-refractivity contribution in [2.24, 2.45) is 11.8 Å². The van der Waals surface area contributed by atoms with Gasteiger partial charge in [-0.1, -0.05) is 37.2 Å². The van der Waals surface area contributed by atoms with Crippen LogP contribution in [0.25, 0.3) is 33.2 Å². The van der Waals surface area contributed by atoms with E-state index in [-0.39, 0.29) is 23.3 Å². The van der Waals surface area contributed by atoms with E-state index < -0.39 is 5.41 Å². The van der Waals surface area contributed by atoms with Gasteiger partial charge in [0.05, 0.1) is 29.8 Å². The van der Waals surface area contributed by atoms with Crippen LogP contribution in [0.1, 0.15) is 43.0 Å². The van der Waals surface area contributed by atoms with Gasteiger partial charge in [0.15, 0.2) is 17.3 Å². The van der Waals surface area contributed by atoms with Gasteiger partial charge < -0.3 is 9.32 Å². The molecule has 0 amide bonds. The molecule has 0 saturated carbocycles. The van der Waals surface area contributed by atoms with E-state index in [2.05, 4.69) is 32.1 Å². The van der Waals surface area contributed by atoms with Crippen LogP contribution in [-0.2, 0) is 16.6 Å². The summed E-state index contributed by atoms with van der Waals surface area (Å²) in [4.78, 5) is 20.9. The zero-order chi connectivity index (χ0) is 25.9. The molecule has 0 fully saturated rings. The summed E-state index contributed by atoms with van der Waals surface area (Å²) < 4.78 is 7.46. The molecule has 0 radical (unpaired) electrons. The second-order valence-corrected chi connectivity index (χ2v) is 10.1. The molecule has 0 N–H and O–H groups in total. The van der Waals surface area contributed by atoms with E-state index in [0.29, 0.717) is 17.4 Å². The molecule has 3 atom stereocenters. The van der Waals surface area contributed by atoms with Crippen molar-refractivity contribution in [3.05, 3.63) is 82.5 Å². The molecule has 184 valence electrons. The maximum Gasteiger partial charge on any atom is 0.278 e. The quantitative estimate of drug-likeness (QED) is 0.378. The fourth-order valence-corrected chi connectivity index (χ4v) is 6.00. The van der Waals surface area contributed by atoms with Gasteiger partial charge in [-0.3, -0.25) is 0 Å². The van der Waals surface area contributed by atoms with Crippen LogP contribution < -0.4 is 0 Å². The Balaban J connectivity index is 1.56. The van der Waals surface area contributed by atoms with Gasteiger partial charge in [-0.05, 0) is 56.4 Å². The normalized spacial score (nSPS) is 22.7. The molecule has 3 aromatic heterocycles. The lowest BCUT2D eigenvalue weighted by atomic mass is 9.58. The van der Waals surface area contributed by atoms with Crippen molar-refractivity contribution in [2.45, 2.75) is 46.0 Å². The standard InChI is InChI=1S/C28H25N7O2/c1-15-12-19(14-30-32-15)18-6-8-20(9-7-18)35-26-21(24(33-35)27-31-17(3)34-37-27)10-11-22-16(2)25(36)23(29-5)13-28(22,26)4/h6-9,12-14,16,22H,10-11H2,1-4H3/t16-,22-,28-/m1/s1. The van der Waals surface area contributed by atoms with E-state index in [9.17, 15) is 4.79 Å². The lowest BCUT2D eigenvalue weighted by Gasteiger charge is -2.45. The molecule has 0 spiro atoms. The lowest BCUT2D eigenvalue weighted by Crippen LogP contribution is -2.46. The van der Waals surface area contributed by atoms with Gasteiger partial charge >= 0.3 is 0 Å². The molecule has 4 aromatic rings. The Morgan fingerprint density at radius 3 is 2.65 bits per heavy atom. The first-order valence-electron chi connectivity index (χ1n) is 12.3. The molecule has 2 aliphatic carbocycles. The van der Waals surface area contributed by atoms with Crippen molar-refractivity contribution in [3.8, 4) is 28.4 Å². The van der Waals surface area contributed by atoms with Crippen molar-refractivity contribution in [2.75, 3.05) is 0 Å². The number of ketones is 1. The Kier molecular flexibility index (Phi) is 5.16. The average Bonchev–Trinajstić information content (AvgIpc) is 3.50. The van der Waals surface area contributed by atoms with Crippen LogP contribution in [0, 0.1) is 32.3 Å². The second-order valence-electron chi connectivity index (χ2n) is 10.1. The Bertz CT molecular complexity index is 1620. The zero-order valence-electron chi connectivity index (χ0n) is 21.1. The van der Waals surface area contributed by atoms with Gasteiger partial charge in [0.1, 0.15) is 0 Å². The number of rotatable bonds is 3. The summed E-state index contributed by atoms with van der Waals surface area (Å²) in [6.45, 7) is 15.4. The topological polar surface area (TPSA) is 104 Å². The zero-order valence-corrected chi connectivity index (χ0v) is 21.1. The summed E-state index contributed by atoms with van der Waals surface area (Å²) >= 11 is 0. The van der Waals surface area contributed by atoms with Crippen LogP contribution in [0.3, 0.4) is 0 Å². The van der Waals surface area contributed by atoms with Gasteiger partial charge in [0, 0.05) is 22.5 Å². The van der Waals surface area contributed by atoms with Gasteiger partial charge in [0.25, 0.3) is 5.89 Å². The fraction of sp³-hybridized carbons (Fsp3) is 0.321. The highest BCUT2D eigenvalue weighted by molar-refractivity contribution is 6.00. The molecule has 9 nitrogen and oxygen atoms in total. The third-order valence-corrected chi connectivity index (χ3v) is 7.75. The molecular weight excluding hydrogens is 466 g/mol.